The second kappa shape index (κ2) is 14.1. The van der Waals surface area contributed by atoms with Crippen LogP contribution in [0.15, 0.2) is 152 Å². The van der Waals surface area contributed by atoms with Gasteiger partial charge in [0.25, 0.3) is 0 Å². The predicted molar refractivity (Wildman–Crippen MR) is 203 cm³/mol. The van der Waals surface area contributed by atoms with Gasteiger partial charge in [-0.1, -0.05) is 84.9 Å². The highest BCUT2D eigenvalue weighted by Gasteiger charge is 2.38. The van der Waals surface area contributed by atoms with E-state index in [1.54, 1.807) is 22.8 Å². The van der Waals surface area contributed by atoms with E-state index in [2.05, 4.69) is 0 Å². The third-order valence-corrected chi connectivity index (χ3v) is 10.1. The number of hydrogen-bond donors (Lipinski definition) is 0. The minimum Gasteiger partial charge on any atom is -0.309 e. The third-order valence-electron chi connectivity index (χ3n) is 10.1. The van der Waals surface area contributed by atoms with Crippen LogP contribution in [0, 0.1) is 0 Å². The number of aromatic nitrogens is 1. The molecule has 1 heterocycles. The Labute approximate surface area is 327 Å². The first-order valence-electron chi connectivity index (χ1n) is 17.7. The van der Waals surface area contributed by atoms with E-state index in [4.69, 9.17) is 0 Å². The van der Waals surface area contributed by atoms with Crippen LogP contribution in [0.1, 0.15) is 22.3 Å². The van der Waals surface area contributed by atoms with Crippen LogP contribution < -0.4 is 0 Å². The van der Waals surface area contributed by atoms with Crippen LogP contribution in [0.4, 0.5) is 52.7 Å². The number of benzene rings is 7. The number of rotatable bonds is 5. The Kier molecular flexibility index (Phi) is 9.40. The van der Waals surface area contributed by atoms with Crippen molar-refractivity contribution in [2.45, 2.75) is 24.7 Å². The molecule has 1 nitrogen and oxygen atoms in total. The molecule has 0 fully saturated rings. The Morgan fingerprint density at radius 2 is 0.644 bits per heavy atom. The average molecular weight is 820 g/mol. The van der Waals surface area contributed by atoms with Crippen molar-refractivity contribution in [2.75, 3.05) is 0 Å². The Balaban J connectivity index is 1.38. The average Bonchev–Trinajstić information content (AvgIpc) is 3.52. The molecular formula is C46H25F12N. The minimum absolute atomic E-state index is 0.00771. The molecule has 0 N–H and O–H groups in total. The standard InChI is InChI=1S/C46H25F12N/c47-43(48,49)33-18-31(19-34(24-33)44(50,51)52)29-14-16-41-38(22-29)39-23-30(32-20-35(45(53,54)55)25-36(21-32)46(56,57)58)15-17-42(39)59(41)40-9-5-4-8-37(40)28-12-10-27(11-13-28)26-6-2-1-3-7-26/h1-25H. The molecule has 0 aliphatic heterocycles. The quantitative estimate of drug-likeness (QED) is 0.152. The molecule has 7 aromatic carbocycles. The highest BCUT2D eigenvalue weighted by atomic mass is 19.4. The summed E-state index contributed by atoms with van der Waals surface area (Å²) in [6.45, 7) is 0. The van der Waals surface area contributed by atoms with E-state index in [1.165, 1.54) is 36.4 Å². The van der Waals surface area contributed by atoms with Crippen molar-refractivity contribution in [1.29, 1.82) is 0 Å². The third kappa shape index (κ3) is 7.64. The SMILES string of the molecule is FC(F)(F)c1cc(-c2ccc3c(c2)c2cc(-c4cc(C(F)(F)F)cc(C(F)(F)F)c4)ccc2n3-c2ccccc2-c2ccc(-c3ccccc3)cc2)cc(C(F)(F)F)c1. The molecule has 0 saturated carbocycles. The van der Waals surface area contributed by atoms with Gasteiger partial charge in [0.2, 0.25) is 0 Å². The summed E-state index contributed by atoms with van der Waals surface area (Å²) in [5.74, 6) is 0. The lowest BCUT2D eigenvalue weighted by molar-refractivity contribution is -0.144. The fraction of sp³-hybridized carbons (Fsp3) is 0.0870. The fourth-order valence-electron chi connectivity index (χ4n) is 7.27. The van der Waals surface area contributed by atoms with Crippen LogP contribution in [-0.2, 0) is 24.7 Å². The van der Waals surface area contributed by atoms with Gasteiger partial charge in [0, 0.05) is 16.3 Å². The Morgan fingerprint density at radius 3 is 1.07 bits per heavy atom. The molecule has 1 aromatic heterocycles. The normalized spacial score (nSPS) is 12.7. The first-order valence-corrected chi connectivity index (χ1v) is 17.7. The molecule has 0 amide bonds. The van der Waals surface area contributed by atoms with Gasteiger partial charge in [-0.25, -0.2) is 0 Å². The monoisotopic (exact) mass is 819 g/mol. The second-order valence-corrected chi connectivity index (χ2v) is 13.8. The van der Waals surface area contributed by atoms with Crippen LogP contribution in [0.25, 0.3) is 72.0 Å². The Hall–Kier alpha value is -6.50. The second-order valence-electron chi connectivity index (χ2n) is 13.8. The van der Waals surface area contributed by atoms with Crippen LogP contribution in [0.5, 0.6) is 0 Å². The van der Waals surface area contributed by atoms with Crippen molar-refractivity contribution >= 4 is 21.8 Å². The van der Waals surface area contributed by atoms with E-state index >= 15 is 0 Å². The molecule has 0 spiro atoms. The summed E-state index contributed by atoms with van der Waals surface area (Å²) >= 11 is 0. The van der Waals surface area contributed by atoms with Gasteiger partial charge in [-0.15, -0.1) is 0 Å². The van der Waals surface area contributed by atoms with Crippen molar-refractivity contribution in [3.63, 3.8) is 0 Å². The molecule has 0 aliphatic carbocycles. The lowest BCUT2D eigenvalue weighted by Gasteiger charge is -2.16. The number of alkyl halides is 12. The zero-order valence-corrected chi connectivity index (χ0v) is 29.9. The molecule has 8 rings (SSSR count). The van der Waals surface area contributed by atoms with Gasteiger partial charge in [-0.05, 0) is 106 Å². The Bertz CT molecular complexity index is 2660. The summed E-state index contributed by atoms with van der Waals surface area (Å²) < 4.78 is 168. The molecule has 0 aliphatic rings. The topological polar surface area (TPSA) is 4.93 Å². The maximum absolute atomic E-state index is 13.9. The number of nitrogens with zero attached hydrogens (tertiary/aromatic N) is 1. The van der Waals surface area contributed by atoms with Crippen molar-refractivity contribution in [2.24, 2.45) is 0 Å². The zero-order chi connectivity index (χ0) is 42.1. The molecule has 59 heavy (non-hydrogen) atoms. The van der Waals surface area contributed by atoms with Gasteiger partial charge in [0.15, 0.2) is 0 Å². The molecule has 0 saturated heterocycles. The molecule has 0 atom stereocenters. The van der Waals surface area contributed by atoms with E-state index in [9.17, 15) is 52.7 Å². The summed E-state index contributed by atoms with van der Waals surface area (Å²) in [6.07, 6.45) is -20.5. The lowest BCUT2D eigenvalue weighted by atomic mass is 9.96. The largest absolute Gasteiger partial charge is 0.416 e. The van der Waals surface area contributed by atoms with Crippen LogP contribution >= 0.6 is 0 Å². The first-order chi connectivity index (χ1) is 27.8. The summed E-state index contributed by atoms with van der Waals surface area (Å²) in [6, 6.07) is 35.2. The lowest BCUT2D eigenvalue weighted by Crippen LogP contribution is -2.11. The van der Waals surface area contributed by atoms with Crippen LogP contribution in [0.3, 0.4) is 0 Å². The number of halogens is 12. The van der Waals surface area contributed by atoms with E-state index in [0.717, 1.165) is 16.7 Å². The van der Waals surface area contributed by atoms with Gasteiger partial charge in [-0.2, -0.15) is 52.7 Å². The summed E-state index contributed by atoms with van der Waals surface area (Å²) in [5, 5.41) is 0.505. The molecule has 298 valence electrons. The maximum atomic E-state index is 13.9. The highest BCUT2D eigenvalue weighted by molar-refractivity contribution is 6.12. The van der Waals surface area contributed by atoms with Crippen molar-refractivity contribution in [3.8, 4) is 50.2 Å². The minimum atomic E-state index is -5.13. The van der Waals surface area contributed by atoms with Crippen molar-refractivity contribution < 1.29 is 52.7 Å². The van der Waals surface area contributed by atoms with Crippen LogP contribution in [0.2, 0.25) is 0 Å². The number of para-hydroxylation sites is 1. The van der Waals surface area contributed by atoms with Gasteiger partial charge < -0.3 is 4.57 Å². The van der Waals surface area contributed by atoms with E-state index in [-0.39, 0.29) is 34.0 Å². The molecule has 0 radical (unpaired) electrons. The predicted octanol–water partition coefficient (Wildman–Crippen LogP) is 15.5. The van der Waals surface area contributed by atoms with Gasteiger partial charge in [0.1, 0.15) is 0 Å². The molecule has 8 aromatic rings. The summed E-state index contributed by atoms with van der Waals surface area (Å²) in [4.78, 5) is 0. The van der Waals surface area contributed by atoms with Crippen molar-refractivity contribution in [3.05, 3.63) is 174 Å². The summed E-state index contributed by atoms with van der Waals surface area (Å²) in [7, 11) is 0. The van der Waals surface area contributed by atoms with E-state index in [1.807, 2.05) is 60.7 Å². The van der Waals surface area contributed by atoms with Crippen molar-refractivity contribution in [1.82, 2.24) is 4.57 Å². The highest BCUT2D eigenvalue weighted by Crippen LogP contribution is 2.44. The molecule has 0 unspecified atom stereocenters. The number of fused-ring (bicyclic) bond motifs is 3. The van der Waals surface area contributed by atoms with Gasteiger partial charge >= 0.3 is 24.7 Å². The molecule has 0 bridgehead atoms. The fourth-order valence-corrected chi connectivity index (χ4v) is 7.27. The first kappa shape index (κ1) is 39.3. The van der Waals surface area contributed by atoms with Gasteiger partial charge in [0.05, 0.1) is 39.0 Å². The zero-order valence-electron chi connectivity index (χ0n) is 29.9. The summed E-state index contributed by atoms with van der Waals surface area (Å²) in [5.41, 5.74) is -2.31. The number of hydrogen-bond acceptors (Lipinski definition) is 0. The smallest absolute Gasteiger partial charge is 0.309 e. The van der Waals surface area contributed by atoms with E-state index < -0.39 is 58.1 Å². The Morgan fingerprint density at radius 1 is 0.288 bits per heavy atom. The van der Waals surface area contributed by atoms with E-state index in [0.29, 0.717) is 46.5 Å². The molecular weight excluding hydrogens is 794 g/mol. The molecule has 13 heteroatoms. The van der Waals surface area contributed by atoms with Gasteiger partial charge in [-0.3, -0.25) is 0 Å². The van der Waals surface area contributed by atoms with Crippen LogP contribution in [-0.4, -0.2) is 4.57 Å². The maximum Gasteiger partial charge on any atom is 0.416 e.